The van der Waals surface area contributed by atoms with E-state index in [1.165, 1.54) is 18.2 Å². The molecule has 1 aromatic carbocycles. The fourth-order valence-corrected chi connectivity index (χ4v) is 3.41. The first kappa shape index (κ1) is 18.4. The van der Waals surface area contributed by atoms with Crippen molar-refractivity contribution in [3.63, 3.8) is 0 Å². The first-order valence-electron chi connectivity index (χ1n) is 7.45. The number of rotatable bonds is 9. The van der Waals surface area contributed by atoms with Crippen molar-refractivity contribution in [2.75, 3.05) is 11.9 Å². The lowest BCUT2D eigenvalue weighted by molar-refractivity contribution is 0.0696. The summed E-state index contributed by atoms with van der Waals surface area (Å²) in [6, 6.07) is 4.21. The summed E-state index contributed by atoms with van der Waals surface area (Å²) in [7, 11) is -3.75. The van der Waals surface area contributed by atoms with Gasteiger partial charge in [-0.05, 0) is 38.0 Å². The molecule has 0 aliphatic heterocycles. The molecule has 0 bridgehead atoms. The predicted octanol–water partition coefficient (Wildman–Crippen LogP) is 2.67. The number of hydrogen-bond donors (Lipinski definition) is 3. The van der Waals surface area contributed by atoms with Crippen molar-refractivity contribution in [3.8, 4) is 0 Å². The largest absolute Gasteiger partial charge is 0.478 e. The number of carboxylic acid groups (broad SMARTS) is 1. The summed E-state index contributed by atoms with van der Waals surface area (Å²) in [5.74, 6) is -1.15. The number of aromatic carboxylic acids is 1. The van der Waals surface area contributed by atoms with Crippen LogP contribution >= 0.6 is 0 Å². The number of anilines is 1. The summed E-state index contributed by atoms with van der Waals surface area (Å²) in [4.78, 5) is 11.1. The van der Waals surface area contributed by atoms with Crippen LogP contribution in [0.2, 0.25) is 0 Å². The lowest BCUT2D eigenvalue weighted by Gasteiger charge is -2.18. The second-order valence-corrected chi connectivity index (χ2v) is 6.98. The van der Waals surface area contributed by atoms with Crippen LogP contribution in [0.25, 0.3) is 0 Å². The molecule has 1 atom stereocenters. The van der Waals surface area contributed by atoms with E-state index in [2.05, 4.69) is 10.0 Å². The van der Waals surface area contributed by atoms with Crippen LogP contribution in [0.4, 0.5) is 5.69 Å². The third kappa shape index (κ3) is 4.99. The van der Waals surface area contributed by atoms with Gasteiger partial charge in [0.25, 0.3) is 0 Å². The fourth-order valence-electron chi connectivity index (χ4n) is 2.08. The summed E-state index contributed by atoms with van der Waals surface area (Å²) >= 11 is 0. The molecule has 0 saturated carbocycles. The second kappa shape index (κ2) is 8.14. The van der Waals surface area contributed by atoms with Crippen LogP contribution in [0.15, 0.2) is 23.1 Å². The molecule has 0 unspecified atom stereocenters. The van der Waals surface area contributed by atoms with E-state index in [4.69, 9.17) is 5.11 Å². The average molecular weight is 328 g/mol. The van der Waals surface area contributed by atoms with E-state index in [0.29, 0.717) is 18.7 Å². The van der Waals surface area contributed by atoms with Crippen molar-refractivity contribution >= 4 is 21.7 Å². The highest BCUT2D eigenvalue weighted by Crippen LogP contribution is 2.24. The van der Waals surface area contributed by atoms with Gasteiger partial charge < -0.3 is 10.4 Å². The Morgan fingerprint density at radius 3 is 2.50 bits per heavy atom. The minimum Gasteiger partial charge on any atom is -0.478 e. The Kier molecular flexibility index (Phi) is 6.83. The minimum atomic E-state index is -3.75. The molecule has 0 aliphatic rings. The van der Waals surface area contributed by atoms with Crippen LogP contribution in [0.5, 0.6) is 0 Å². The van der Waals surface area contributed by atoms with Crippen molar-refractivity contribution in [1.82, 2.24) is 4.72 Å². The molecule has 3 N–H and O–H groups in total. The Morgan fingerprint density at radius 2 is 1.95 bits per heavy atom. The van der Waals surface area contributed by atoms with Crippen molar-refractivity contribution < 1.29 is 18.3 Å². The van der Waals surface area contributed by atoms with Crippen molar-refractivity contribution in [1.29, 1.82) is 0 Å². The van der Waals surface area contributed by atoms with Gasteiger partial charge in [0, 0.05) is 12.6 Å². The Morgan fingerprint density at radius 1 is 1.27 bits per heavy atom. The first-order valence-corrected chi connectivity index (χ1v) is 8.93. The molecule has 0 fully saturated rings. The third-order valence-electron chi connectivity index (χ3n) is 3.18. The quantitative estimate of drug-likeness (QED) is 0.648. The van der Waals surface area contributed by atoms with E-state index in [1.807, 2.05) is 20.8 Å². The lowest BCUT2D eigenvalue weighted by atomic mass is 10.1. The molecule has 0 aliphatic carbocycles. The van der Waals surface area contributed by atoms with Crippen molar-refractivity contribution in [3.05, 3.63) is 23.8 Å². The normalized spacial score (nSPS) is 12.9. The minimum absolute atomic E-state index is 0.0243. The van der Waals surface area contributed by atoms with Crippen LogP contribution < -0.4 is 10.0 Å². The van der Waals surface area contributed by atoms with Crippen LogP contribution in [0, 0.1) is 0 Å². The monoisotopic (exact) mass is 328 g/mol. The highest BCUT2D eigenvalue weighted by atomic mass is 32.2. The number of carbonyl (C=O) groups is 1. The summed E-state index contributed by atoms with van der Waals surface area (Å²) in [6.45, 7) is 6.18. The van der Waals surface area contributed by atoms with Gasteiger partial charge >= 0.3 is 5.97 Å². The van der Waals surface area contributed by atoms with Gasteiger partial charge in [-0.15, -0.1) is 0 Å². The number of benzene rings is 1. The molecule has 0 saturated heterocycles. The van der Waals surface area contributed by atoms with Crippen LogP contribution in [-0.4, -0.2) is 32.1 Å². The van der Waals surface area contributed by atoms with Gasteiger partial charge in [0.2, 0.25) is 10.0 Å². The third-order valence-corrected chi connectivity index (χ3v) is 4.68. The van der Waals surface area contributed by atoms with Crippen molar-refractivity contribution in [2.24, 2.45) is 0 Å². The fraction of sp³-hybridized carbons (Fsp3) is 0.533. The van der Waals surface area contributed by atoms with Gasteiger partial charge in [-0.3, -0.25) is 0 Å². The average Bonchev–Trinajstić information content (AvgIpc) is 2.45. The highest BCUT2D eigenvalue weighted by molar-refractivity contribution is 7.89. The molecule has 0 aromatic heterocycles. The number of sulfonamides is 1. The molecule has 22 heavy (non-hydrogen) atoms. The van der Waals surface area contributed by atoms with Crippen molar-refractivity contribution in [2.45, 2.75) is 51.0 Å². The van der Waals surface area contributed by atoms with Gasteiger partial charge in [0.15, 0.2) is 0 Å². The predicted molar refractivity (Wildman–Crippen MR) is 86.9 cm³/mol. The Balaban J connectivity index is 3.23. The molecular formula is C15H24N2O4S. The Bertz CT molecular complexity index is 614. The zero-order chi connectivity index (χ0) is 16.8. The van der Waals surface area contributed by atoms with E-state index in [9.17, 15) is 13.2 Å². The van der Waals surface area contributed by atoms with Gasteiger partial charge in [0.1, 0.15) is 4.90 Å². The Hall–Kier alpha value is -1.60. The first-order chi connectivity index (χ1) is 10.3. The molecule has 1 rings (SSSR count). The van der Waals surface area contributed by atoms with Gasteiger partial charge in [-0.1, -0.05) is 20.3 Å². The SMILES string of the molecule is CCCNS(=O)(=O)c1cc(C(=O)O)ccc1N[C@@H](C)CCC. The van der Waals surface area contributed by atoms with Gasteiger partial charge in [0.05, 0.1) is 11.3 Å². The number of carboxylic acids is 1. The maximum absolute atomic E-state index is 12.4. The molecule has 0 spiro atoms. The number of hydrogen-bond acceptors (Lipinski definition) is 4. The molecule has 0 heterocycles. The van der Waals surface area contributed by atoms with E-state index < -0.39 is 16.0 Å². The summed E-state index contributed by atoms with van der Waals surface area (Å²) in [5, 5.41) is 12.2. The maximum atomic E-state index is 12.4. The molecule has 6 nitrogen and oxygen atoms in total. The molecule has 7 heteroatoms. The standard InChI is InChI=1S/C15H24N2O4S/c1-4-6-11(3)17-13-8-7-12(15(18)19)10-14(13)22(20,21)16-9-5-2/h7-8,10-11,16-17H,4-6,9H2,1-3H3,(H,18,19)/t11-/m0/s1. The molecule has 0 amide bonds. The molecule has 0 radical (unpaired) electrons. The summed E-state index contributed by atoms with van der Waals surface area (Å²) < 4.78 is 27.2. The molecule has 1 aromatic rings. The zero-order valence-electron chi connectivity index (χ0n) is 13.2. The van der Waals surface area contributed by atoms with E-state index in [0.717, 1.165) is 12.8 Å². The molecule has 124 valence electrons. The number of nitrogens with one attached hydrogen (secondary N) is 2. The Labute approximate surface area is 132 Å². The van der Waals surface area contributed by atoms with E-state index in [-0.39, 0.29) is 16.5 Å². The van der Waals surface area contributed by atoms with Crippen LogP contribution in [0.1, 0.15) is 50.4 Å². The van der Waals surface area contributed by atoms with E-state index in [1.54, 1.807) is 0 Å². The zero-order valence-corrected chi connectivity index (χ0v) is 14.0. The lowest BCUT2D eigenvalue weighted by Crippen LogP contribution is -2.26. The van der Waals surface area contributed by atoms with Gasteiger partial charge in [-0.25, -0.2) is 17.9 Å². The maximum Gasteiger partial charge on any atom is 0.335 e. The summed E-state index contributed by atoms with van der Waals surface area (Å²) in [6.07, 6.45) is 2.52. The topological polar surface area (TPSA) is 95.5 Å². The van der Waals surface area contributed by atoms with E-state index >= 15 is 0 Å². The van der Waals surface area contributed by atoms with Crippen LogP contribution in [-0.2, 0) is 10.0 Å². The second-order valence-electron chi connectivity index (χ2n) is 5.25. The highest BCUT2D eigenvalue weighted by Gasteiger charge is 2.21. The summed E-state index contributed by atoms with van der Waals surface area (Å²) in [5.41, 5.74) is 0.375. The smallest absolute Gasteiger partial charge is 0.335 e. The molecular weight excluding hydrogens is 304 g/mol. The van der Waals surface area contributed by atoms with Gasteiger partial charge in [-0.2, -0.15) is 0 Å². The van der Waals surface area contributed by atoms with Crippen LogP contribution in [0.3, 0.4) is 0 Å².